The minimum absolute atomic E-state index is 0.0560. The first-order chi connectivity index (χ1) is 15.5. The number of halogens is 2. The van der Waals surface area contributed by atoms with Crippen molar-refractivity contribution >= 4 is 44.8 Å². The Bertz CT molecular complexity index is 1230. The summed E-state index contributed by atoms with van der Waals surface area (Å²) < 4.78 is 28.1. The minimum Gasteiger partial charge on any atom is -0.349 e. The molecule has 0 aliphatic rings. The predicted molar refractivity (Wildman–Crippen MR) is 135 cm³/mol. The van der Waals surface area contributed by atoms with Gasteiger partial charge in [-0.05, 0) is 57.0 Å². The highest BCUT2D eigenvalue weighted by atomic mass is 35.5. The van der Waals surface area contributed by atoms with E-state index < -0.39 is 28.0 Å². The summed E-state index contributed by atoms with van der Waals surface area (Å²) in [6, 6.07) is 20.9. The van der Waals surface area contributed by atoms with Gasteiger partial charge in [0.2, 0.25) is 5.91 Å². The van der Waals surface area contributed by atoms with Gasteiger partial charge in [-0.1, -0.05) is 77.3 Å². The lowest BCUT2D eigenvalue weighted by atomic mass is 9.95. The van der Waals surface area contributed by atoms with Gasteiger partial charge in [0.15, 0.2) is 0 Å². The molecule has 0 spiro atoms. The van der Waals surface area contributed by atoms with Gasteiger partial charge in [-0.15, -0.1) is 0 Å². The van der Waals surface area contributed by atoms with Gasteiger partial charge in [0.25, 0.3) is 10.0 Å². The standard InChI is InChI=1S/C25H26Cl2N2O3S/c1-18-12-14-20(15-13-18)33(31,32)29(22-11-7-10-21(26)24(22)27)17-23(30)28-25(2,3)16-19-8-5-4-6-9-19/h4-15H,16-17H2,1-3H3,(H,28,30). The molecule has 0 aliphatic carbocycles. The van der Waals surface area contributed by atoms with Crippen molar-refractivity contribution in [3.05, 3.63) is 94.0 Å². The molecule has 33 heavy (non-hydrogen) atoms. The number of carbonyl (C=O) groups excluding carboxylic acids is 1. The average molecular weight is 505 g/mol. The largest absolute Gasteiger partial charge is 0.349 e. The minimum atomic E-state index is -4.09. The lowest BCUT2D eigenvalue weighted by Crippen LogP contribution is -2.50. The van der Waals surface area contributed by atoms with E-state index in [2.05, 4.69) is 5.32 Å². The van der Waals surface area contributed by atoms with Crippen molar-refractivity contribution in [1.29, 1.82) is 0 Å². The molecule has 0 atom stereocenters. The van der Waals surface area contributed by atoms with E-state index in [-0.39, 0.29) is 20.6 Å². The second kappa shape index (κ2) is 10.2. The molecule has 0 heterocycles. The molecule has 0 bridgehead atoms. The molecule has 0 aliphatic heterocycles. The van der Waals surface area contributed by atoms with Gasteiger partial charge in [-0.3, -0.25) is 9.10 Å². The van der Waals surface area contributed by atoms with Crippen LogP contribution in [0.15, 0.2) is 77.7 Å². The molecule has 0 radical (unpaired) electrons. The maximum atomic E-state index is 13.5. The van der Waals surface area contributed by atoms with Crippen molar-refractivity contribution in [3.63, 3.8) is 0 Å². The first-order valence-corrected chi connectivity index (χ1v) is 12.6. The molecule has 5 nitrogen and oxygen atoms in total. The maximum Gasteiger partial charge on any atom is 0.264 e. The molecule has 3 rings (SSSR count). The van der Waals surface area contributed by atoms with Gasteiger partial charge in [0.05, 0.1) is 20.6 Å². The number of hydrogen-bond donors (Lipinski definition) is 1. The fourth-order valence-corrected chi connectivity index (χ4v) is 5.40. The number of nitrogens with zero attached hydrogens (tertiary/aromatic N) is 1. The molecule has 0 unspecified atom stereocenters. The Morgan fingerprint density at radius 3 is 2.21 bits per heavy atom. The van der Waals surface area contributed by atoms with Gasteiger partial charge >= 0.3 is 0 Å². The van der Waals surface area contributed by atoms with E-state index in [0.717, 1.165) is 15.4 Å². The fraction of sp³-hybridized carbons (Fsp3) is 0.240. The number of amides is 1. The van der Waals surface area contributed by atoms with Gasteiger partial charge in [0, 0.05) is 5.54 Å². The number of nitrogens with one attached hydrogen (secondary N) is 1. The molecular weight excluding hydrogens is 479 g/mol. The summed E-state index contributed by atoms with van der Waals surface area (Å²) in [5.41, 5.74) is 1.52. The van der Waals surface area contributed by atoms with Crippen molar-refractivity contribution in [1.82, 2.24) is 5.32 Å². The van der Waals surface area contributed by atoms with Gasteiger partial charge < -0.3 is 5.32 Å². The van der Waals surface area contributed by atoms with E-state index in [1.807, 2.05) is 51.1 Å². The van der Waals surface area contributed by atoms with E-state index in [4.69, 9.17) is 23.2 Å². The molecule has 1 amide bonds. The zero-order valence-corrected chi connectivity index (χ0v) is 21.0. The Balaban J connectivity index is 1.92. The van der Waals surface area contributed by atoms with Crippen LogP contribution < -0.4 is 9.62 Å². The molecule has 0 fully saturated rings. The first kappa shape index (κ1) is 25.1. The highest BCUT2D eigenvalue weighted by molar-refractivity contribution is 7.92. The molecule has 174 valence electrons. The molecular formula is C25H26Cl2N2O3S. The number of rotatable bonds is 8. The Kier molecular flexibility index (Phi) is 7.73. The predicted octanol–water partition coefficient (Wildman–Crippen LogP) is 5.63. The monoisotopic (exact) mass is 504 g/mol. The second-order valence-corrected chi connectivity index (χ2v) is 11.1. The van der Waals surface area contributed by atoms with Crippen LogP contribution in [0.2, 0.25) is 10.0 Å². The Labute approximate surface area is 205 Å². The lowest BCUT2D eigenvalue weighted by Gasteiger charge is -2.30. The molecule has 3 aromatic carbocycles. The third kappa shape index (κ3) is 6.28. The molecule has 3 aromatic rings. The van der Waals surface area contributed by atoms with E-state index >= 15 is 0 Å². The van der Waals surface area contributed by atoms with Crippen molar-refractivity contribution in [3.8, 4) is 0 Å². The van der Waals surface area contributed by atoms with Crippen LogP contribution in [0.4, 0.5) is 5.69 Å². The van der Waals surface area contributed by atoms with Crippen molar-refractivity contribution in [2.24, 2.45) is 0 Å². The van der Waals surface area contributed by atoms with Crippen LogP contribution in [0, 0.1) is 6.92 Å². The molecule has 8 heteroatoms. The summed E-state index contributed by atoms with van der Waals surface area (Å²) in [7, 11) is -4.09. The second-order valence-electron chi connectivity index (χ2n) is 8.49. The highest BCUT2D eigenvalue weighted by Crippen LogP contribution is 2.35. The van der Waals surface area contributed by atoms with Crippen LogP contribution in [-0.2, 0) is 21.2 Å². The van der Waals surface area contributed by atoms with Crippen LogP contribution in [-0.4, -0.2) is 26.4 Å². The smallest absolute Gasteiger partial charge is 0.264 e. The lowest BCUT2D eigenvalue weighted by molar-refractivity contribution is -0.121. The van der Waals surface area contributed by atoms with Crippen LogP contribution in [0.1, 0.15) is 25.0 Å². The first-order valence-electron chi connectivity index (χ1n) is 10.4. The van der Waals surface area contributed by atoms with Crippen LogP contribution in [0.3, 0.4) is 0 Å². The summed E-state index contributed by atoms with van der Waals surface area (Å²) in [5, 5.41) is 3.21. The van der Waals surface area contributed by atoms with Crippen LogP contribution in [0.25, 0.3) is 0 Å². The summed E-state index contributed by atoms with van der Waals surface area (Å²) in [6.07, 6.45) is 0.586. The molecule has 1 N–H and O–H groups in total. The number of carbonyl (C=O) groups is 1. The topological polar surface area (TPSA) is 66.5 Å². The third-order valence-electron chi connectivity index (χ3n) is 5.06. The van der Waals surface area contributed by atoms with Crippen LogP contribution >= 0.6 is 23.2 Å². The van der Waals surface area contributed by atoms with Crippen LogP contribution in [0.5, 0.6) is 0 Å². The van der Waals surface area contributed by atoms with Gasteiger partial charge in [-0.2, -0.15) is 0 Å². The van der Waals surface area contributed by atoms with E-state index in [1.54, 1.807) is 24.3 Å². The van der Waals surface area contributed by atoms with Crippen molar-refractivity contribution in [2.45, 2.75) is 37.6 Å². The number of sulfonamides is 1. The zero-order chi connectivity index (χ0) is 24.2. The third-order valence-corrected chi connectivity index (χ3v) is 7.65. The summed E-state index contributed by atoms with van der Waals surface area (Å²) >= 11 is 12.5. The SMILES string of the molecule is Cc1ccc(S(=O)(=O)N(CC(=O)NC(C)(C)Cc2ccccc2)c2cccc(Cl)c2Cl)cc1. The van der Waals surface area contributed by atoms with E-state index in [1.165, 1.54) is 18.2 Å². The summed E-state index contributed by atoms with van der Waals surface area (Å²) in [6.45, 7) is 5.20. The molecule has 0 saturated heterocycles. The quantitative estimate of drug-likeness (QED) is 0.431. The highest BCUT2D eigenvalue weighted by Gasteiger charge is 2.31. The number of anilines is 1. The maximum absolute atomic E-state index is 13.5. The van der Waals surface area contributed by atoms with Crippen molar-refractivity contribution in [2.75, 3.05) is 10.8 Å². The zero-order valence-electron chi connectivity index (χ0n) is 18.7. The Morgan fingerprint density at radius 1 is 0.939 bits per heavy atom. The summed E-state index contributed by atoms with van der Waals surface area (Å²) in [4.78, 5) is 13.1. The Morgan fingerprint density at radius 2 is 1.58 bits per heavy atom. The number of hydrogen-bond acceptors (Lipinski definition) is 3. The normalized spacial score (nSPS) is 11.8. The molecule has 0 aromatic heterocycles. The fourth-order valence-electron chi connectivity index (χ4n) is 3.52. The average Bonchev–Trinajstić information content (AvgIpc) is 2.74. The number of benzene rings is 3. The van der Waals surface area contributed by atoms with Gasteiger partial charge in [0.1, 0.15) is 6.54 Å². The van der Waals surface area contributed by atoms with Gasteiger partial charge in [-0.25, -0.2) is 8.42 Å². The molecule has 0 saturated carbocycles. The summed E-state index contributed by atoms with van der Waals surface area (Å²) in [5.74, 6) is -0.456. The number of aryl methyl sites for hydroxylation is 1. The van der Waals surface area contributed by atoms with E-state index in [9.17, 15) is 13.2 Å². The Hall–Kier alpha value is -2.54. The van der Waals surface area contributed by atoms with Crippen molar-refractivity contribution < 1.29 is 13.2 Å². The van der Waals surface area contributed by atoms with E-state index in [0.29, 0.717) is 6.42 Å².